The Bertz CT molecular complexity index is 454. The molecule has 0 saturated carbocycles. The first-order valence-corrected chi connectivity index (χ1v) is 6.16. The minimum Gasteiger partial charge on any atom is -0.435 e. The lowest BCUT2D eigenvalue weighted by Gasteiger charge is -2.30. The van der Waals surface area contributed by atoms with Crippen LogP contribution in [0.2, 0.25) is 0 Å². The summed E-state index contributed by atoms with van der Waals surface area (Å²) in [5.41, 5.74) is 6.16. The third kappa shape index (κ3) is 3.64. The number of nitrogens with zero attached hydrogens (tertiary/aromatic N) is 1. The van der Waals surface area contributed by atoms with Gasteiger partial charge in [-0.25, -0.2) is 0 Å². The second kappa shape index (κ2) is 5.97. The topological polar surface area (TPSA) is 55.6 Å². The van der Waals surface area contributed by atoms with Gasteiger partial charge in [0.05, 0.1) is 0 Å². The van der Waals surface area contributed by atoms with Crippen LogP contribution in [0.1, 0.15) is 23.2 Å². The number of rotatable bonds is 3. The predicted molar refractivity (Wildman–Crippen MR) is 66.2 cm³/mol. The van der Waals surface area contributed by atoms with Gasteiger partial charge in [-0.1, -0.05) is 6.07 Å². The molecule has 1 heterocycles. The number of nitrogens with two attached hydrogens (primary N) is 1. The molecule has 2 N–H and O–H groups in total. The SMILES string of the molecule is NC1CCCN(C(=O)c2cccc(OC(F)F)c2)C1. The fraction of sp³-hybridized carbons (Fsp3) is 0.462. The maximum absolute atomic E-state index is 12.2. The molecule has 0 bridgehead atoms. The molecule has 1 amide bonds. The normalized spacial score (nSPS) is 19.6. The molecule has 0 aromatic heterocycles. The molecule has 1 saturated heterocycles. The van der Waals surface area contributed by atoms with Crippen LogP contribution in [0.5, 0.6) is 5.75 Å². The minimum atomic E-state index is -2.89. The van der Waals surface area contributed by atoms with Gasteiger partial charge in [-0.2, -0.15) is 8.78 Å². The van der Waals surface area contributed by atoms with Crippen LogP contribution in [0.15, 0.2) is 24.3 Å². The Morgan fingerprint density at radius 3 is 2.95 bits per heavy atom. The van der Waals surface area contributed by atoms with Crippen molar-refractivity contribution < 1.29 is 18.3 Å². The fourth-order valence-corrected chi connectivity index (χ4v) is 2.18. The van der Waals surface area contributed by atoms with Crippen LogP contribution in [0.4, 0.5) is 8.78 Å². The summed E-state index contributed by atoms with van der Waals surface area (Å²) >= 11 is 0. The van der Waals surface area contributed by atoms with Gasteiger partial charge < -0.3 is 15.4 Å². The van der Waals surface area contributed by atoms with E-state index in [0.29, 0.717) is 18.7 Å². The number of alkyl halides is 2. The largest absolute Gasteiger partial charge is 0.435 e. The monoisotopic (exact) mass is 270 g/mol. The van der Waals surface area contributed by atoms with Gasteiger partial charge in [0.15, 0.2) is 0 Å². The first-order valence-electron chi connectivity index (χ1n) is 6.16. The van der Waals surface area contributed by atoms with E-state index >= 15 is 0 Å². The summed E-state index contributed by atoms with van der Waals surface area (Å²) in [5, 5.41) is 0. The molecule has 6 heteroatoms. The van der Waals surface area contributed by atoms with Gasteiger partial charge in [0.2, 0.25) is 0 Å². The van der Waals surface area contributed by atoms with E-state index in [1.165, 1.54) is 18.2 Å². The molecule has 19 heavy (non-hydrogen) atoms. The van der Waals surface area contributed by atoms with E-state index in [9.17, 15) is 13.6 Å². The van der Waals surface area contributed by atoms with Crippen molar-refractivity contribution in [3.05, 3.63) is 29.8 Å². The second-order valence-electron chi connectivity index (χ2n) is 4.56. The van der Waals surface area contributed by atoms with Gasteiger partial charge in [0.1, 0.15) is 5.75 Å². The van der Waals surface area contributed by atoms with Crippen LogP contribution in [-0.4, -0.2) is 36.5 Å². The minimum absolute atomic E-state index is 0.0119. The van der Waals surface area contributed by atoms with Crippen molar-refractivity contribution in [2.24, 2.45) is 5.73 Å². The van der Waals surface area contributed by atoms with Gasteiger partial charge >= 0.3 is 6.61 Å². The van der Waals surface area contributed by atoms with Crippen LogP contribution in [-0.2, 0) is 0 Å². The van der Waals surface area contributed by atoms with Crippen molar-refractivity contribution in [1.29, 1.82) is 0 Å². The molecule has 1 unspecified atom stereocenters. The van der Waals surface area contributed by atoms with Crippen LogP contribution >= 0.6 is 0 Å². The Labute approximate surface area is 110 Å². The number of likely N-dealkylation sites (tertiary alicyclic amines) is 1. The predicted octanol–water partition coefficient (Wildman–Crippen LogP) is 1.85. The molecule has 104 valence electrons. The first kappa shape index (κ1) is 13.7. The van der Waals surface area contributed by atoms with E-state index in [0.717, 1.165) is 12.8 Å². The summed E-state index contributed by atoms with van der Waals surface area (Å²) in [6.07, 6.45) is 1.76. The van der Waals surface area contributed by atoms with E-state index in [1.54, 1.807) is 11.0 Å². The maximum Gasteiger partial charge on any atom is 0.387 e. The summed E-state index contributed by atoms with van der Waals surface area (Å²) in [5.74, 6) is -0.211. The number of ether oxygens (including phenoxy) is 1. The first-order chi connectivity index (χ1) is 9.06. The van der Waals surface area contributed by atoms with Crippen molar-refractivity contribution in [2.75, 3.05) is 13.1 Å². The zero-order valence-corrected chi connectivity index (χ0v) is 10.4. The molecular weight excluding hydrogens is 254 g/mol. The molecule has 2 rings (SSSR count). The highest BCUT2D eigenvalue weighted by Crippen LogP contribution is 2.19. The molecule has 1 atom stereocenters. The summed E-state index contributed by atoms with van der Waals surface area (Å²) in [6.45, 7) is -1.75. The number of carbonyl (C=O) groups is 1. The molecule has 0 radical (unpaired) electrons. The van der Waals surface area contributed by atoms with E-state index in [2.05, 4.69) is 4.74 Å². The van der Waals surface area contributed by atoms with E-state index in [-0.39, 0.29) is 17.7 Å². The third-order valence-electron chi connectivity index (χ3n) is 3.05. The number of benzene rings is 1. The smallest absolute Gasteiger partial charge is 0.387 e. The number of amides is 1. The quantitative estimate of drug-likeness (QED) is 0.912. The fourth-order valence-electron chi connectivity index (χ4n) is 2.18. The van der Waals surface area contributed by atoms with Crippen molar-refractivity contribution >= 4 is 5.91 Å². The lowest BCUT2D eigenvalue weighted by atomic mass is 10.1. The summed E-state index contributed by atoms with van der Waals surface area (Å²) in [6, 6.07) is 5.81. The van der Waals surface area contributed by atoms with Gasteiger partial charge in [-0.05, 0) is 31.0 Å². The van der Waals surface area contributed by atoms with E-state index in [1.807, 2.05) is 0 Å². The Hall–Kier alpha value is -1.69. The zero-order chi connectivity index (χ0) is 13.8. The molecule has 1 aliphatic heterocycles. The molecule has 1 aromatic carbocycles. The summed E-state index contributed by atoms with van der Waals surface area (Å²) in [7, 11) is 0. The highest BCUT2D eigenvalue weighted by Gasteiger charge is 2.22. The Balaban J connectivity index is 2.10. The number of carbonyl (C=O) groups excluding carboxylic acids is 1. The number of hydrogen-bond acceptors (Lipinski definition) is 3. The van der Waals surface area contributed by atoms with Gasteiger partial charge in [0.25, 0.3) is 5.91 Å². The van der Waals surface area contributed by atoms with Crippen molar-refractivity contribution in [2.45, 2.75) is 25.5 Å². The van der Waals surface area contributed by atoms with Crippen LogP contribution in [0.3, 0.4) is 0 Å². The summed E-state index contributed by atoms with van der Waals surface area (Å²) in [4.78, 5) is 13.9. The van der Waals surface area contributed by atoms with Crippen LogP contribution in [0.25, 0.3) is 0 Å². The molecule has 4 nitrogen and oxygen atoms in total. The maximum atomic E-state index is 12.2. The Morgan fingerprint density at radius 1 is 1.47 bits per heavy atom. The highest BCUT2D eigenvalue weighted by atomic mass is 19.3. The molecule has 1 fully saturated rings. The molecule has 0 spiro atoms. The highest BCUT2D eigenvalue weighted by molar-refractivity contribution is 5.94. The molecule has 1 aromatic rings. The molecular formula is C13H16F2N2O2. The molecule has 0 aliphatic carbocycles. The van der Waals surface area contributed by atoms with Gasteiger partial charge in [-0.3, -0.25) is 4.79 Å². The Kier molecular flexibility index (Phi) is 4.31. The van der Waals surface area contributed by atoms with Gasteiger partial charge in [0, 0.05) is 24.7 Å². The lowest BCUT2D eigenvalue weighted by molar-refractivity contribution is -0.0499. The average Bonchev–Trinajstić information content (AvgIpc) is 2.37. The van der Waals surface area contributed by atoms with Crippen LogP contribution in [0, 0.1) is 0 Å². The van der Waals surface area contributed by atoms with Crippen molar-refractivity contribution in [3.8, 4) is 5.75 Å². The van der Waals surface area contributed by atoms with E-state index < -0.39 is 6.61 Å². The zero-order valence-electron chi connectivity index (χ0n) is 10.4. The van der Waals surface area contributed by atoms with Gasteiger partial charge in [-0.15, -0.1) is 0 Å². The van der Waals surface area contributed by atoms with Crippen LogP contribution < -0.4 is 10.5 Å². The number of hydrogen-bond donors (Lipinski definition) is 1. The Morgan fingerprint density at radius 2 is 2.26 bits per heavy atom. The lowest BCUT2D eigenvalue weighted by Crippen LogP contribution is -2.45. The third-order valence-corrected chi connectivity index (χ3v) is 3.05. The number of piperidine rings is 1. The standard InChI is InChI=1S/C13H16F2N2O2/c14-13(15)19-11-5-1-3-9(7-11)12(18)17-6-2-4-10(16)8-17/h1,3,5,7,10,13H,2,4,6,8,16H2. The second-order valence-corrected chi connectivity index (χ2v) is 4.56. The molecule has 1 aliphatic rings. The summed E-state index contributed by atoms with van der Waals surface area (Å²) < 4.78 is 28.5. The average molecular weight is 270 g/mol. The number of halogens is 2. The van der Waals surface area contributed by atoms with E-state index in [4.69, 9.17) is 5.73 Å². The van der Waals surface area contributed by atoms with Crippen molar-refractivity contribution in [3.63, 3.8) is 0 Å². The van der Waals surface area contributed by atoms with Crippen molar-refractivity contribution in [1.82, 2.24) is 4.90 Å².